The Balaban J connectivity index is 2.04. The first-order valence-electron chi connectivity index (χ1n) is 5.89. The lowest BCUT2D eigenvalue weighted by atomic mass is 10.3. The highest BCUT2D eigenvalue weighted by atomic mass is 35.5. The molecule has 1 heterocycles. The van der Waals surface area contributed by atoms with Crippen molar-refractivity contribution in [1.29, 1.82) is 0 Å². The number of ether oxygens (including phenoxy) is 1. The monoisotopic (exact) mass is 319 g/mol. The summed E-state index contributed by atoms with van der Waals surface area (Å²) in [6, 6.07) is 2.84. The van der Waals surface area contributed by atoms with E-state index in [4.69, 9.17) is 16.3 Å². The SMILES string of the molecule is CNC(=O)OC1(CNS(=O)(=O)c2cccnc2Cl)CC1. The molecule has 1 aliphatic rings. The van der Waals surface area contributed by atoms with Crippen LogP contribution in [-0.4, -0.2) is 38.7 Å². The first-order chi connectivity index (χ1) is 9.38. The van der Waals surface area contributed by atoms with Gasteiger partial charge in [-0.05, 0) is 25.0 Å². The first kappa shape index (κ1) is 15.0. The number of aromatic nitrogens is 1. The summed E-state index contributed by atoms with van der Waals surface area (Å²) in [5.41, 5.74) is -0.762. The lowest BCUT2D eigenvalue weighted by Crippen LogP contribution is -2.38. The number of alkyl carbamates (subject to hydrolysis) is 1. The topological polar surface area (TPSA) is 97.4 Å². The van der Waals surface area contributed by atoms with Crippen molar-refractivity contribution in [2.75, 3.05) is 13.6 Å². The Labute approximate surface area is 121 Å². The lowest BCUT2D eigenvalue weighted by molar-refractivity contribution is 0.0869. The summed E-state index contributed by atoms with van der Waals surface area (Å²) in [5.74, 6) is 0. The zero-order valence-electron chi connectivity index (χ0n) is 10.7. The molecule has 9 heteroatoms. The maximum absolute atomic E-state index is 12.1. The summed E-state index contributed by atoms with van der Waals surface area (Å²) in [5, 5.41) is 2.23. The molecule has 1 saturated carbocycles. The van der Waals surface area contributed by atoms with E-state index in [1.54, 1.807) is 0 Å². The zero-order valence-corrected chi connectivity index (χ0v) is 12.3. The number of hydrogen-bond acceptors (Lipinski definition) is 5. The van der Waals surface area contributed by atoms with Crippen molar-refractivity contribution < 1.29 is 17.9 Å². The summed E-state index contributed by atoms with van der Waals surface area (Å²) < 4.78 is 31.7. The highest BCUT2D eigenvalue weighted by molar-refractivity contribution is 7.89. The average molecular weight is 320 g/mol. The van der Waals surface area contributed by atoms with E-state index in [2.05, 4.69) is 15.0 Å². The molecule has 20 heavy (non-hydrogen) atoms. The van der Waals surface area contributed by atoms with Gasteiger partial charge in [-0.2, -0.15) is 0 Å². The van der Waals surface area contributed by atoms with Gasteiger partial charge in [-0.25, -0.2) is 22.9 Å². The third-order valence-corrected chi connectivity index (χ3v) is 4.77. The minimum absolute atomic E-state index is 0.00791. The van der Waals surface area contributed by atoms with Gasteiger partial charge in [0, 0.05) is 13.2 Å². The molecule has 0 bridgehead atoms. The molecule has 1 amide bonds. The molecule has 0 saturated heterocycles. The Morgan fingerprint density at radius 1 is 1.55 bits per heavy atom. The number of nitrogens with one attached hydrogen (secondary N) is 2. The van der Waals surface area contributed by atoms with Crippen LogP contribution in [0.2, 0.25) is 5.15 Å². The number of rotatable bonds is 5. The predicted molar refractivity (Wildman–Crippen MR) is 71.9 cm³/mol. The Morgan fingerprint density at radius 2 is 2.25 bits per heavy atom. The molecule has 0 radical (unpaired) electrons. The first-order valence-corrected chi connectivity index (χ1v) is 7.76. The Bertz CT molecular complexity index is 616. The van der Waals surface area contributed by atoms with Crippen LogP contribution >= 0.6 is 11.6 Å². The van der Waals surface area contributed by atoms with Crippen molar-refractivity contribution in [3.8, 4) is 0 Å². The van der Waals surface area contributed by atoms with Gasteiger partial charge in [-0.15, -0.1) is 0 Å². The largest absolute Gasteiger partial charge is 0.442 e. The summed E-state index contributed by atoms with van der Waals surface area (Å²) in [6.45, 7) is 0.00791. The van der Waals surface area contributed by atoms with Gasteiger partial charge in [0.25, 0.3) is 0 Å². The van der Waals surface area contributed by atoms with E-state index in [9.17, 15) is 13.2 Å². The molecule has 7 nitrogen and oxygen atoms in total. The maximum atomic E-state index is 12.1. The summed E-state index contributed by atoms with van der Waals surface area (Å²) in [4.78, 5) is 14.8. The van der Waals surface area contributed by atoms with Crippen molar-refractivity contribution in [1.82, 2.24) is 15.0 Å². The molecule has 2 rings (SSSR count). The van der Waals surface area contributed by atoms with Crippen molar-refractivity contribution in [3.05, 3.63) is 23.5 Å². The van der Waals surface area contributed by atoms with Crippen LogP contribution in [0.3, 0.4) is 0 Å². The molecular formula is C11H14ClN3O4S. The molecule has 110 valence electrons. The second-order valence-corrected chi connectivity index (χ2v) is 6.53. The number of hydrogen-bond donors (Lipinski definition) is 2. The Hall–Kier alpha value is -1.38. The van der Waals surface area contributed by atoms with Gasteiger partial charge >= 0.3 is 6.09 Å². The average Bonchev–Trinajstić information content (AvgIpc) is 3.17. The normalized spacial score (nSPS) is 16.5. The molecule has 1 fully saturated rings. The highest BCUT2D eigenvalue weighted by Crippen LogP contribution is 2.39. The number of carbonyl (C=O) groups excluding carboxylic acids is 1. The van der Waals surface area contributed by atoms with E-state index in [-0.39, 0.29) is 16.6 Å². The van der Waals surface area contributed by atoms with Gasteiger partial charge in [0.05, 0.1) is 6.54 Å². The standard InChI is InChI=1S/C11H14ClN3O4S/c1-13-10(16)19-11(4-5-11)7-15-20(17,18)8-3-2-6-14-9(8)12/h2-3,6,15H,4-5,7H2,1H3,(H,13,16). The van der Waals surface area contributed by atoms with Crippen LogP contribution in [0.5, 0.6) is 0 Å². The van der Waals surface area contributed by atoms with Crippen molar-refractivity contribution in [2.24, 2.45) is 0 Å². The third-order valence-electron chi connectivity index (χ3n) is 2.92. The molecule has 0 unspecified atom stereocenters. The number of amides is 1. The third kappa shape index (κ3) is 3.38. The molecule has 2 N–H and O–H groups in total. The van der Waals surface area contributed by atoms with Gasteiger partial charge in [0.1, 0.15) is 15.6 Å². The van der Waals surface area contributed by atoms with Gasteiger partial charge in [0.2, 0.25) is 10.0 Å². The molecular weight excluding hydrogens is 306 g/mol. The van der Waals surface area contributed by atoms with Crippen molar-refractivity contribution >= 4 is 27.7 Å². The van der Waals surface area contributed by atoms with E-state index in [1.807, 2.05) is 0 Å². The van der Waals surface area contributed by atoms with Gasteiger partial charge < -0.3 is 10.1 Å². The summed E-state index contributed by atoms with van der Waals surface area (Å²) >= 11 is 5.76. The quantitative estimate of drug-likeness (QED) is 0.786. The van der Waals surface area contributed by atoms with Crippen LogP contribution in [0.15, 0.2) is 23.2 Å². The van der Waals surface area contributed by atoms with Gasteiger partial charge in [-0.1, -0.05) is 11.6 Å². The van der Waals surface area contributed by atoms with E-state index in [0.717, 1.165) is 0 Å². The summed E-state index contributed by atoms with van der Waals surface area (Å²) in [7, 11) is -2.34. The number of halogens is 1. The van der Waals surface area contributed by atoms with Crippen LogP contribution in [0, 0.1) is 0 Å². The van der Waals surface area contributed by atoms with Gasteiger partial charge in [-0.3, -0.25) is 0 Å². The second-order valence-electron chi connectivity index (χ2n) is 4.44. The zero-order chi connectivity index (χ0) is 14.8. The van der Waals surface area contributed by atoms with E-state index in [0.29, 0.717) is 12.8 Å². The number of pyridine rings is 1. The lowest BCUT2D eigenvalue weighted by Gasteiger charge is -2.17. The minimum atomic E-state index is -3.78. The van der Waals surface area contributed by atoms with E-state index >= 15 is 0 Å². The molecule has 1 aliphatic carbocycles. The maximum Gasteiger partial charge on any atom is 0.407 e. The number of carbonyl (C=O) groups is 1. The van der Waals surface area contributed by atoms with Crippen LogP contribution in [-0.2, 0) is 14.8 Å². The predicted octanol–water partition coefficient (Wildman–Crippen LogP) is 0.902. The Morgan fingerprint density at radius 3 is 2.80 bits per heavy atom. The molecule has 1 aromatic heterocycles. The highest BCUT2D eigenvalue weighted by Gasteiger charge is 2.47. The molecule has 0 aliphatic heterocycles. The van der Waals surface area contributed by atoms with Gasteiger partial charge in [0.15, 0.2) is 0 Å². The fourth-order valence-electron chi connectivity index (χ4n) is 1.58. The molecule has 1 aromatic rings. The van der Waals surface area contributed by atoms with E-state index < -0.39 is 21.7 Å². The van der Waals surface area contributed by atoms with Crippen LogP contribution in [0.1, 0.15) is 12.8 Å². The van der Waals surface area contributed by atoms with Crippen LogP contribution in [0.25, 0.3) is 0 Å². The summed E-state index contributed by atoms with van der Waals surface area (Å²) in [6.07, 6.45) is 2.05. The van der Waals surface area contributed by atoms with Crippen molar-refractivity contribution in [3.63, 3.8) is 0 Å². The molecule has 0 aromatic carbocycles. The Kier molecular flexibility index (Phi) is 4.17. The smallest absolute Gasteiger partial charge is 0.407 e. The fourth-order valence-corrected chi connectivity index (χ4v) is 3.14. The second kappa shape index (κ2) is 5.55. The molecule has 0 spiro atoms. The van der Waals surface area contributed by atoms with Crippen molar-refractivity contribution in [2.45, 2.75) is 23.3 Å². The number of sulfonamides is 1. The minimum Gasteiger partial charge on any atom is -0.442 e. The van der Waals surface area contributed by atoms with Crippen LogP contribution in [0.4, 0.5) is 4.79 Å². The number of nitrogens with zero attached hydrogens (tertiary/aromatic N) is 1. The van der Waals surface area contributed by atoms with Crippen LogP contribution < -0.4 is 10.0 Å². The van der Waals surface area contributed by atoms with E-state index in [1.165, 1.54) is 25.4 Å². The fraction of sp³-hybridized carbons (Fsp3) is 0.455. The molecule has 0 atom stereocenters.